The summed E-state index contributed by atoms with van der Waals surface area (Å²) in [7, 11) is 1.37. The number of hydrogen-bond acceptors (Lipinski definition) is 4. The van der Waals surface area contributed by atoms with Crippen molar-refractivity contribution in [1.29, 1.82) is 0 Å². The molecule has 0 radical (unpaired) electrons. The molecule has 0 aromatic heterocycles. The van der Waals surface area contributed by atoms with Crippen LogP contribution in [0.15, 0.2) is 18.2 Å². The molecule has 1 aromatic rings. The first-order chi connectivity index (χ1) is 12.8. The van der Waals surface area contributed by atoms with Crippen molar-refractivity contribution in [3.63, 3.8) is 0 Å². The molecule has 28 heavy (non-hydrogen) atoms. The second-order valence-electron chi connectivity index (χ2n) is 8.39. The van der Waals surface area contributed by atoms with Crippen LogP contribution < -0.4 is 4.74 Å². The number of nitrogens with zero attached hydrogens (tertiary/aromatic N) is 1. The fourth-order valence-corrected chi connectivity index (χ4v) is 4.06. The molecule has 2 rings (SSSR count). The van der Waals surface area contributed by atoms with Crippen molar-refractivity contribution in [2.24, 2.45) is 0 Å². The first-order valence-corrected chi connectivity index (χ1v) is 9.28. The van der Waals surface area contributed by atoms with Crippen LogP contribution in [0.5, 0.6) is 5.75 Å². The average molecular weight is 407 g/mol. The van der Waals surface area contributed by atoms with Gasteiger partial charge in [0.1, 0.15) is 11.6 Å². The van der Waals surface area contributed by atoms with E-state index in [2.05, 4.69) is 0 Å². The predicted molar refractivity (Wildman–Crippen MR) is 98.0 cm³/mol. The normalized spacial score (nSPS) is 24.1. The fraction of sp³-hybridized carbons (Fsp3) is 0.700. The Bertz CT molecular complexity index is 670. The van der Waals surface area contributed by atoms with Gasteiger partial charge in [-0.3, -0.25) is 4.90 Å². The van der Waals surface area contributed by atoms with Crippen molar-refractivity contribution in [1.82, 2.24) is 4.90 Å². The molecule has 0 amide bonds. The molecule has 1 aliphatic heterocycles. The Kier molecular flexibility index (Phi) is 6.68. The lowest BCUT2D eigenvalue weighted by atomic mass is 9.74. The molecular weight excluding hydrogens is 378 g/mol. The van der Waals surface area contributed by atoms with Gasteiger partial charge in [-0.15, -0.1) is 0 Å². The topological polar surface area (TPSA) is 41.9 Å². The summed E-state index contributed by atoms with van der Waals surface area (Å²) in [6.45, 7) is 6.69. The molecule has 1 aromatic carbocycles. The monoisotopic (exact) mass is 407 g/mol. The molecule has 4 nitrogen and oxygen atoms in total. The maximum absolute atomic E-state index is 13.9. The molecule has 1 heterocycles. The van der Waals surface area contributed by atoms with Crippen molar-refractivity contribution in [3.05, 3.63) is 29.6 Å². The van der Waals surface area contributed by atoms with E-state index in [4.69, 9.17) is 9.47 Å². The highest BCUT2D eigenvalue weighted by Crippen LogP contribution is 2.44. The lowest BCUT2D eigenvalue weighted by Crippen LogP contribution is -2.59. The van der Waals surface area contributed by atoms with Crippen LogP contribution in [-0.2, 0) is 10.2 Å². The highest BCUT2D eigenvalue weighted by Gasteiger charge is 2.57. The van der Waals surface area contributed by atoms with E-state index in [1.807, 2.05) is 0 Å². The SMILES string of the molecule is COc1ccc(F)cc1C(C)(C)CC(O)(CN1C[C@H](C)O[C@@H](C)C1)C(F)(F)F. The van der Waals surface area contributed by atoms with Crippen LogP contribution in [0, 0.1) is 5.82 Å². The van der Waals surface area contributed by atoms with Crippen LogP contribution in [-0.4, -0.2) is 60.7 Å². The average Bonchev–Trinajstić information content (AvgIpc) is 2.52. The smallest absolute Gasteiger partial charge is 0.418 e. The van der Waals surface area contributed by atoms with Crippen molar-refractivity contribution in [3.8, 4) is 5.75 Å². The molecule has 0 bridgehead atoms. The highest BCUT2D eigenvalue weighted by atomic mass is 19.4. The van der Waals surface area contributed by atoms with E-state index in [-0.39, 0.29) is 23.5 Å². The van der Waals surface area contributed by atoms with E-state index in [9.17, 15) is 22.7 Å². The summed E-state index contributed by atoms with van der Waals surface area (Å²) >= 11 is 0. The van der Waals surface area contributed by atoms with E-state index in [0.29, 0.717) is 13.1 Å². The summed E-state index contributed by atoms with van der Waals surface area (Å²) in [6.07, 6.45) is -5.94. The first kappa shape index (κ1) is 22.9. The van der Waals surface area contributed by atoms with Gasteiger partial charge in [-0.25, -0.2) is 4.39 Å². The summed E-state index contributed by atoms with van der Waals surface area (Å²) in [5.74, 6) is -0.292. The molecule has 0 saturated carbocycles. The molecule has 0 spiro atoms. The Hall–Kier alpha value is -1.38. The van der Waals surface area contributed by atoms with Gasteiger partial charge in [0, 0.05) is 25.2 Å². The number of methoxy groups -OCH3 is 1. The molecule has 1 aliphatic rings. The summed E-state index contributed by atoms with van der Waals surface area (Å²) in [6, 6.07) is 3.73. The van der Waals surface area contributed by atoms with Crippen LogP contribution in [0.4, 0.5) is 17.6 Å². The van der Waals surface area contributed by atoms with Crippen molar-refractivity contribution < 1.29 is 32.1 Å². The van der Waals surface area contributed by atoms with Gasteiger partial charge in [-0.2, -0.15) is 13.2 Å². The third kappa shape index (κ3) is 5.15. The largest absolute Gasteiger partial charge is 0.496 e. The molecule has 1 saturated heterocycles. The molecule has 8 heteroatoms. The van der Waals surface area contributed by atoms with Gasteiger partial charge >= 0.3 is 6.18 Å². The van der Waals surface area contributed by atoms with Gasteiger partial charge in [-0.1, -0.05) is 13.8 Å². The quantitative estimate of drug-likeness (QED) is 0.727. The van der Waals surface area contributed by atoms with Crippen molar-refractivity contribution in [2.75, 3.05) is 26.7 Å². The Morgan fingerprint density at radius 1 is 1.18 bits per heavy atom. The van der Waals surface area contributed by atoms with E-state index in [0.717, 1.165) is 6.07 Å². The van der Waals surface area contributed by atoms with E-state index < -0.39 is 36.0 Å². The number of hydrogen-bond donors (Lipinski definition) is 1. The Labute approximate surface area is 163 Å². The lowest BCUT2D eigenvalue weighted by molar-refractivity contribution is -0.274. The van der Waals surface area contributed by atoms with E-state index >= 15 is 0 Å². The zero-order chi connectivity index (χ0) is 21.3. The lowest BCUT2D eigenvalue weighted by Gasteiger charge is -2.43. The number of ether oxygens (including phenoxy) is 2. The summed E-state index contributed by atoms with van der Waals surface area (Å²) in [4.78, 5) is 1.57. The maximum atomic E-state index is 13.9. The zero-order valence-corrected chi connectivity index (χ0v) is 16.9. The molecule has 1 fully saturated rings. The van der Waals surface area contributed by atoms with Crippen LogP contribution in [0.2, 0.25) is 0 Å². The first-order valence-electron chi connectivity index (χ1n) is 9.28. The fourth-order valence-electron chi connectivity index (χ4n) is 4.06. The number of β-amino-alcohol motifs (C(OH)–C–C–N with tert-alkyl or cyclic N) is 1. The Morgan fingerprint density at radius 2 is 1.75 bits per heavy atom. The summed E-state index contributed by atoms with van der Waals surface area (Å²) < 4.78 is 66.4. The van der Waals surface area contributed by atoms with Gasteiger partial charge in [0.15, 0.2) is 5.60 Å². The standard InChI is InChI=1S/C20H29F4NO3/c1-13-9-25(10-14(2)28-13)12-19(26,20(22,23)24)11-18(3,4)16-8-15(21)6-7-17(16)27-5/h6-8,13-14,26H,9-12H2,1-5H3/t13-,14-,19?/m0/s1. The molecule has 160 valence electrons. The Balaban J connectivity index is 2.34. The zero-order valence-electron chi connectivity index (χ0n) is 16.9. The maximum Gasteiger partial charge on any atom is 0.418 e. The molecule has 0 aliphatic carbocycles. The second-order valence-corrected chi connectivity index (χ2v) is 8.39. The minimum absolute atomic E-state index is 0.224. The number of rotatable bonds is 6. The Morgan fingerprint density at radius 3 is 2.25 bits per heavy atom. The van der Waals surface area contributed by atoms with Gasteiger partial charge in [0.05, 0.1) is 19.3 Å². The van der Waals surface area contributed by atoms with Gasteiger partial charge in [-0.05, 0) is 43.9 Å². The summed E-state index contributed by atoms with van der Waals surface area (Å²) in [5.41, 5.74) is -3.88. The van der Waals surface area contributed by atoms with Crippen LogP contribution in [0.25, 0.3) is 0 Å². The summed E-state index contributed by atoms with van der Waals surface area (Å²) in [5, 5.41) is 10.8. The van der Waals surface area contributed by atoms with Crippen molar-refractivity contribution >= 4 is 0 Å². The van der Waals surface area contributed by atoms with Gasteiger partial charge in [0.2, 0.25) is 0 Å². The number of morpholine rings is 1. The van der Waals surface area contributed by atoms with E-state index in [1.165, 1.54) is 19.2 Å². The second kappa shape index (κ2) is 8.16. The van der Waals surface area contributed by atoms with Crippen molar-refractivity contribution in [2.45, 2.75) is 63.5 Å². The predicted octanol–water partition coefficient (Wildman–Crippen LogP) is 3.90. The molecular formula is C20H29F4NO3. The van der Waals surface area contributed by atoms with Crippen LogP contribution in [0.1, 0.15) is 39.7 Å². The third-order valence-corrected chi connectivity index (χ3v) is 5.13. The molecule has 1 N–H and O–H groups in total. The minimum atomic E-state index is -4.85. The van der Waals surface area contributed by atoms with Crippen LogP contribution in [0.3, 0.4) is 0 Å². The highest BCUT2D eigenvalue weighted by molar-refractivity contribution is 5.39. The van der Waals surface area contributed by atoms with Gasteiger partial charge < -0.3 is 14.6 Å². The molecule has 1 unspecified atom stereocenters. The number of aliphatic hydroxyl groups is 1. The number of halogens is 4. The van der Waals surface area contributed by atoms with Crippen LogP contribution >= 0.6 is 0 Å². The number of benzene rings is 1. The number of alkyl halides is 3. The van der Waals surface area contributed by atoms with E-state index in [1.54, 1.807) is 32.6 Å². The third-order valence-electron chi connectivity index (χ3n) is 5.13. The van der Waals surface area contributed by atoms with Gasteiger partial charge in [0.25, 0.3) is 0 Å². The minimum Gasteiger partial charge on any atom is -0.496 e. The molecule has 3 atom stereocenters.